The third kappa shape index (κ3) is 2.33. The van der Waals surface area contributed by atoms with E-state index in [-0.39, 0.29) is 12.3 Å². The molecule has 0 saturated heterocycles. The molecule has 0 aliphatic rings. The second kappa shape index (κ2) is 4.53. The summed E-state index contributed by atoms with van der Waals surface area (Å²) in [4.78, 5) is 0. The maximum absolute atomic E-state index is 11.7. The summed E-state index contributed by atoms with van der Waals surface area (Å²) in [6.45, 7) is 5.03. The molecule has 0 spiro atoms. The molecular weight excluding hydrogens is 230 g/mol. The van der Waals surface area contributed by atoms with Gasteiger partial charge in [-0.3, -0.25) is 0 Å². The number of anilines is 1. The van der Waals surface area contributed by atoms with Crippen LogP contribution in [0.15, 0.2) is 4.52 Å². The third-order valence-electron chi connectivity index (χ3n) is 2.28. The quantitative estimate of drug-likeness (QED) is 0.860. The van der Waals surface area contributed by atoms with E-state index in [2.05, 4.69) is 9.88 Å². The predicted molar refractivity (Wildman–Crippen MR) is 58.2 cm³/mol. The van der Waals surface area contributed by atoms with Crippen LogP contribution >= 0.6 is 0 Å². The normalized spacial score (nSPS) is 13.1. The molecule has 1 heterocycles. The molecule has 0 radical (unpaired) electrons. The van der Waals surface area contributed by atoms with E-state index in [1.807, 2.05) is 0 Å². The molecule has 0 aromatic carbocycles. The largest absolute Gasteiger partial charge is 0.337 e. The molecule has 0 fully saturated rings. The lowest BCUT2D eigenvalue weighted by atomic mass is 10.3. The minimum absolute atomic E-state index is 0.0752. The van der Waals surface area contributed by atoms with E-state index in [1.165, 1.54) is 0 Å². The molecule has 7 heteroatoms. The highest BCUT2D eigenvalue weighted by Gasteiger charge is 2.25. The van der Waals surface area contributed by atoms with Gasteiger partial charge in [0.25, 0.3) is 10.0 Å². The van der Waals surface area contributed by atoms with Gasteiger partial charge in [-0.15, -0.1) is 0 Å². The first-order chi connectivity index (χ1) is 7.42. The van der Waals surface area contributed by atoms with Gasteiger partial charge in [0, 0.05) is 5.56 Å². The molecule has 1 unspecified atom stereocenters. The Balaban J connectivity index is 2.98. The maximum atomic E-state index is 11.7. The average molecular weight is 243 g/mol. The summed E-state index contributed by atoms with van der Waals surface area (Å²) in [6.07, 6.45) is 0.220. The summed E-state index contributed by atoms with van der Waals surface area (Å²) in [7, 11) is -3.73. The van der Waals surface area contributed by atoms with Crippen LogP contribution in [0.5, 0.6) is 0 Å². The van der Waals surface area contributed by atoms with E-state index in [1.54, 1.807) is 26.8 Å². The number of nitriles is 1. The number of nitrogens with zero attached hydrogens (tertiary/aromatic N) is 2. The number of hydrogen-bond donors (Lipinski definition) is 1. The predicted octanol–water partition coefficient (Wildman–Crippen LogP) is 1.34. The first-order valence-electron chi connectivity index (χ1n) is 4.76. The van der Waals surface area contributed by atoms with E-state index in [4.69, 9.17) is 9.78 Å². The van der Waals surface area contributed by atoms with Crippen molar-refractivity contribution >= 4 is 15.9 Å². The standard InChI is InChI=1S/C9H13N3O3S/c1-4-8(5-10)16(13,14)12-9-6(2)7(3)11-15-9/h8,12H,4H2,1-3H3. The summed E-state index contributed by atoms with van der Waals surface area (Å²) in [6, 6.07) is 1.73. The van der Waals surface area contributed by atoms with Crippen LogP contribution in [0.2, 0.25) is 0 Å². The van der Waals surface area contributed by atoms with Gasteiger partial charge in [0.2, 0.25) is 5.88 Å². The van der Waals surface area contributed by atoms with Crippen LogP contribution in [-0.4, -0.2) is 18.8 Å². The van der Waals surface area contributed by atoms with Crippen molar-refractivity contribution in [2.75, 3.05) is 4.72 Å². The van der Waals surface area contributed by atoms with Crippen LogP contribution in [0, 0.1) is 25.2 Å². The Kier molecular flexibility index (Phi) is 3.55. The van der Waals surface area contributed by atoms with Gasteiger partial charge in [-0.2, -0.15) is 5.26 Å². The Bertz CT molecular complexity index is 513. The summed E-state index contributed by atoms with van der Waals surface area (Å²) >= 11 is 0. The van der Waals surface area contributed by atoms with Crippen LogP contribution in [0.4, 0.5) is 5.88 Å². The first-order valence-corrected chi connectivity index (χ1v) is 6.31. The molecule has 0 aliphatic carbocycles. The molecule has 88 valence electrons. The fourth-order valence-electron chi connectivity index (χ4n) is 1.09. The van der Waals surface area contributed by atoms with Crippen molar-refractivity contribution in [2.45, 2.75) is 32.4 Å². The number of hydrogen-bond acceptors (Lipinski definition) is 5. The van der Waals surface area contributed by atoms with Gasteiger partial charge in [-0.05, 0) is 20.3 Å². The van der Waals surface area contributed by atoms with Crippen molar-refractivity contribution in [1.29, 1.82) is 5.26 Å². The van der Waals surface area contributed by atoms with E-state index in [9.17, 15) is 8.42 Å². The average Bonchev–Trinajstić information content (AvgIpc) is 2.50. The second-order valence-electron chi connectivity index (χ2n) is 3.40. The van der Waals surface area contributed by atoms with Crippen molar-refractivity contribution in [3.63, 3.8) is 0 Å². The van der Waals surface area contributed by atoms with Gasteiger partial charge < -0.3 is 4.52 Å². The van der Waals surface area contributed by atoms with Crippen molar-refractivity contribution in [3.05, 3.63) is 11.3 Å². The lowest BCUT2D eigenvalue weighted by molar-refractivity contribution is 0.430. The molecule has 1 atom stereocenters. The van der Waals surface area contributed by atoms with Crippen molar-refractivity contribution in [1.82, 2.24) is 5.16 Å². The molecule has 1 aromatic rings. The van der Waals surface area contributed by atoms with Gasteiger partial charge in [0.15, 0.2) is 5.25 Å². The molecule has 0 saturated carbocycles. The smallest absolute Gasteiger partial charge is 0.251 e. The van der Waals surface area contributed by atoms with E-state index < -0.39 is 15.3 Å². The number of aryl methyl sites for hydroxylation is 1. The van der Waals surface area contributed by atoms with Crippen LogP contribution in [0.1, 0.15) is 24.6 Å². The molecule has 0 aliphatic heterocycles. The highest BCUT2D eigenvalue weighted by atomic mass is 32.2. The minimum atomic E-state index is -3.73. The topological polar surface area (TPSA) is 96.0 Å². The zero-order chi connectivity index (χ0) is 12.3. The van der Waals surface area contributed by atoms with Crippen molar-refractivity contribution < 1.29 is 12.9 Å². The molecule has 0 bridgehead atoms. The van der Waals surface area contributed by atoms with Crippen LogP contribution in [-0.2, 0) is 10.0 Å². The Morgan fingerprint density at radius 1 is 1.56 bits per heavy atom. The zero-order valence-electron chi connectivity index (χ0n) is 9.31. The molecule has 0 amide bonds. The molecule has 6 nitrogen and oxygen atoms in total. The van der Waals surface area contributed by atoms with Gasteiger partial charge in [0.1, 0.15) is 0 Å². The Hall–Kier alpha value is -1.55. The number of nitrogens with one attached hydrogen (secondary N) is 1. The highest BCUT2D eigenvalue weighted by Crippen LogP contribution is 2.20. The molecule has 1 N–H and O–H groups in total. The zero-order valence-corrected chi connectivity index (χ0v) is 10.1. The fraction of sp³-hybridized carbons (Fsp3) is 0.556. The monoisotopic (exact) mass is 243 g/mol. The number of rotatable bonds is 4. The molecule has 1 aromatic heterocycles. The van der Waals surface area contributed by atoms with Gasteiger partial charge in [-0.1, -0.05) is 12.1 Å². The SMILES string of the molecule is CCC(C#N)S(=O)(=O)Nc1onc(C)c1C. The lowest BCUT2D eigenvalue weighted by Gasteiger charge is -2.08. The molecule has 1 rings (SSSR count). The summed E-state index contributed by atoms with van der Waals surface area (Å²) in [5.74, 6) is 0.0752. The van der Waals surface area contributed by atoms with E-state index >= 15 is 0 Å². The Labute approximate surface area is 94.3 Å². The Morgan fingerprint density at radius 3 is 2.56 bits per heavy atom. The van der Waals surface area contributed by atoms with Crippen molar-refractivity contribution in [2.24, 2.45) is 0 Å². The van der Waals surface area contributed by atoms with Crippen molar-refractivity contribution in [3.8, 4) is 6.07 Å². The van der Waals surface area contributed by atoms with E-state index in [0.29, 0.717) is 11.3 Å². The summed E-state index contributed by atoms with van der Waals surface area (Å²) in [5.41, 5.74) is 1.24. The third-order valence-corrected chi connectivity index (χ3v) is 3.94. The van der Waals surface area contributed by atoms with Crippen LogP contribution in [0.3, 0.4) is 0 Å². The number of aromatic nitrogens is 1. The van der Waals surface area contributed by atoms with Gasteiger partial charge in [-0.25, -0.2) is 13.1 Å². The van der Waals surface area contributed by atoms with Gasteiger partial charge >= 0.3 is 0 Å². The van der Waals surface area contributed by atoms with Crippen LogP contribution in [0.25, 0.3) is 0 Å². The fourth-order valence-corrected chi connectivity index (χ4v) is 2.26. The van der Waals surface area contributed by atoms with Crippen LogP contribution < -0.4 is 4.72 Å². The molecule has 16 heavy (non-hydrogen) atoms. The van der Waals surface area contributed by atoms with E-state index in [0.717, 1.165) is 0 Å². The summed E-state index contributed by atoms with van der Waals surface area (Å²) < 4.78 is 30.5. The first kappa shape index (κ1) is 12.5. The molecular formula is C9H13N3O3S. The Morgan fingerprint density at radius 2 is 2.19 bits per heavy atom. The number of sulfonamides is 1. The lowest BCUT2D eigenvalue weighted by Crippen LogP contribution is -2.26. The minimum Gasteiger partial charge on any atom is -0.337 e. The van der Waals surface area contributed by atoms with Gasteiger partial charge in [0.05, 0.1) is 11.8 Å². The maximum Gasteiger partial charge on any atom is 0.251 e. The highest BCUT2D eigenvalue weighted by molar-refractivity contribution is 7.93. The summed E-state index contributed by atoms with van der Waals surface area (Å²) in [5, 5.41) is 11.2. The second-order valence-corrected chi connectivity index (χ2v) is 5.26.